The summed E-state index contributed by atoms with van der Waals surface area (Å²) in [5, 5.41) is 6.97. The van der Waals surface area contributed by atoms with Gasteiger partial charge >= 0.3 is 0 Å². The Hall–Kier alpha value is -3.35. The van der Waals surface area contributed by atoms with Crippen LogP contribution in [0.1, 0.15) is 46.8 Å². The fourth-order valence-electron chi connectivity index (χ4n) is 3.81. The maximum Gasteiger partial charge on any atom is 0.173 e. The van der Waals surface area contributed by atoms with Crippen LogP contribution in [0.5, 0.6) is 11.5 Å². The van der Waals surface area contributed by atoms with Crippen LogP contribution in [0.4, 0.5) is 0 Å². The lowest BCUT2D eigenvalue weighted by Crippen LogP contribution is -2.50. The first-order chi connectivity index (χ1) is 16.5. The zero-order chi connectivity index (χ0) is 24.5. The van der Waals surface area contributed by atoms with Gasteiger partial charge in [-0.1, -0.05) is 32.9 Å². The van der Waals surface area contributed by atoms with E-state index in [0.29, 0.717) is 6.61 Å². The van der Waals surface area contributed by atoms with Gasteiger partial charge in [0.1, 0.15) is 18.2 Å². The van der Waals surface area contributed by atoms with E-state index in [-0.39, 0.29) is 18.3 Å². The second-order valence-corrected chi connectivity index (χ2v) is 8.16. The molecule has 7 nitrogen and oxygen atoms in total. The molecule has 2 aliphatic heterocycles. The van der Waals surface area contributed by atoms with E-state index in [0.717, 1.165) is 47.5 Å². The number of amidine groups is 1. The Morgan fingerprint density at radius 1 is 1.21 bits per heavy atom. The van der Waals surface area contributed by atoms with Gasteiger partial charge in [-0.2, -0.15) is 0 Å². The molecule has 3 heterocycles. The SMILES string of the molecule is CC.CCCN/C(=C\C(C)NC1=NC(C2COc3ccccc3O2)N(C)C(C)=C1)c1ccco1. The van der Waals surface area contributed by atoms with Crippen LogP contribution in [0.3, 0.4) is 0 Å². The number of likely N-dealkylation sites (N-methyl/N-ethyl adjacent to an activating group) is 1. The molecule has 3 unspecified atom stereocenters. The fraction of sp³-hybridized carbons (Fsp3) is 0.444. The minimum absolute atomic E-state index is 0.0376. The second kappa shape index (κ2) is 12.2. The summed E-state index contributed by atoms with van der Waals surface area (Å²) in [6, 6.07) is 11.7. The van der Waals surface area contributed by atoms with E-state index in [2.05, 4.69) is 48.5 Å². The molecule has 2 aromatic rings. The summed E-state index contributed by atoms with van der Waals surface area (Å²) >= 11 is 0. The molecule has 0 fully saturated rings. The highest BCUT2D eigenvalue weighted by Gasteiger charge is 2.34. The zero-order valence-corrected chi connectivity index (χ0v) is 21.2. The van der Waals surface area contributed by atoms with Crippen molar-refractivity contribution in [3.63, 3.8) is 0 Å². The van der Waals surface area contributed by atoms with E-state index in [9.17, 15) is 0 Å². The molecule has 34 heavy (non-hydrogen) atoms. The number of furan rings is 1. The van der Waals surface area contributed by atoms with Crippen molar-refractivity contribution in [3.8, 4) is 11.5 Å². The summed E-state index contributed by atoms with van der Waals surface area (Å²) < 4.78 is 17.8. The maximum absolute atomic E-state index is 6.24. The third-order valence-corrected chi connectivity index (χ3v) is 5.58. The number of hydrogen-bond donors (Lipinski definition) is 2. The number of hydrogen-bond acceptors (Lipinski definition) is 7. The minimum Gasteiger partial charge on any atom is -0.486 e. The first-order valence-corrected chi connectivity index (χ1v) is 12.2. The molecule has 0 amide bonds. The van der Waals surface area contributed by atoms with Gasteiger partial charge in [0.05, 0.1) is 12.0 Å². The van der Waals surface area contributed by atoms with Crippen LogP contribution < -0.4 is 20.1 Å². The number of nitrogens with zero attached hydrogens (tertiary/aromatic N) is 2. The molecular weight excluding hydrogens is 428 g/mol. The molecule has 0 saturated heterocycles. The Balaban J connectivity index is 0.00000158. The number of para-hydroxylation sites is 2. The van der Waals surface area contributed by atoms with E-state index >= 15 is 0 Å². The van der Waals surface area contributed by atoms with Crippen molar-refractivity contribution < 1.29 is 13.9 Å². The number of nitrogens with one attached hydrogen (secondary N) is 2. The van der Waals surface area contributed by atoms with Gasteiger partial charge in [0, 0.05) is 25.3 Å². The summed E-state index contributed by atoms with van der Waals surface area (Å²) in [6.45, 7) is 11.7. The highest BCUT2D eigenvalue weighted by molar-refractivity contribution is 5.94. The summed E-state index contributed by atoms with van der Waals surface area (Å²) in [6.07, 6.45) is 6.53. The quantitative estimate of drug-likeness (QED) is 0.596. The van der Waals surface area contributed by atoms with Crippen LogP contribution in [0.2, 0.25) is 0 Å². The lowest BCUT2D eigenvalue weighted by molar-refractivity contribution is 0.0348. The Morgan fingerprint density at radius 3 is 2.68 bits per heavy atom. The van der Waals surface area contributed by atoms with Crippen LogP contribution in [-0.4, -0.2) is 49.2 Å². The van der Waals surface area contributed by atoms with Crippen molar-refractivity contribution in [2.45, 2.75) is 59.4 Å². The van der Waals surface area contributed by atoms with Crippen molar-refractivity contribution in [3.05, 3.63) is 66.3 Å². The van der Waals surface area contributed by atoms with Crippen LogP contribution in [0.25, 0.3) is 5.70 Å². The van der Waals surface area contributed by atoms with Crippen molar-refractivity contribution in [2.24, 2.45) is 4.99 Å². The number of aliphatic imine (C=N–C) groups is 1. The van der Waals surface area contributed by atoms with Gasteiger partial charge in [0.25, 0.3) is 0 Å². The standard InChI is InChI=1S/C25H32N4O3.C2H6/c1-5-12-26-19(20-11-8-13-30-20)14-17(2)27-24-15-18(3)29(4)25(28-24)23-16-31-21-9-6-7-10-22(21)32-23;1-2/h6-11,13-15,17,23,25-26H,5,12,16H2,1-4H3,(H,27,28);1-2H3/b19-14-;. The molecule has 7 heteroatoms. The van der Waals surface area contributed by atoms with Crippen LogP contribution >= 0.6 is 0 Å². The molecule has 0 bridgehead atoms. The van der Waals surface area contributed by atoms with Gasteiger partial charge in [-0.3, -0.25) is 0 Å². The molecule has 0 radical (unpaired) electrons. The predicted octanol–water partition coefficient (Wildman–Crippen LogP) is 5.04. The topological polar surface area (TPSA) is 71.3 Å². The molecule has 0 saturated carbocycles. The molecule has 1 aromatic heterocycles. The molecule has 2 N–H and O–H groups in total. The molecule has 0 aliphatic carbocycles. The number of allylic oxidation sites excluding steroid dienone is 1. The number of rotatable bonds is 7. The Labute approximate surface area is 203 Å². The Kier molecular flexibility index (Phi) is 9.08. The first-order valence-electron chi connectivity index (χ1n) is 12.2. The van der Waals surface area contributed by atoms with E-state index in [1.807, 2.05) is 57.3 Å². The summed E-state index contributed by atoms with van der Waals surface area (Å²) in [5.41, 5.74) is 2.09. The summed E-state index contributed by atoms with van der Waals surface area (Å²) in [5.74, 6) is 3.19. The molecule has 3 atom stereocenters. The van der Waals surface area contributed by atoms with E-state index in [4.69, 9.17) is 18.9 Å². The Bertz CT molecular complexity index is 997. The highest BCUT2D eigenvalue weighted by atomic mass is 16.6. The average molecular weight is 467 g/mol. The number of ether oxygens (including phenoxy) is 2. The van der Waals surface area contributed by atoms with Crippen molar-refractivity contribution in [2.75, 3.05) is 20.2 Å². The number of fused-ring (bicyclic) bond motifs is 1. The molecule has 0 spiro atoms. The number of benzene rings is 1. The largest absolute Gasteiger partial charge is 0.486 e. The molecule has 1 aromatic carbocycles. The predicted molar refractivity (Wildman–Crippen MR) is 138 cm³/mol. The van der Waals surface area contributed by atoms with E-state index < -0.39 is 0 Å². The molecule has 2 aliphatic rings. The zero-order valence-electron chi connectivity index (χ0n) is 21.2. The molecule has 184 valence electrons. The third-order valence-electron chi connectivity index (χ3n) is 5.58. The lowest BCUT2D eigenvalue weighted by Gasteiger charge is -2.38. The summed E-state index contributed by atoms with van der Waals surface area (Å²) in [4.78, 5) is 7.09. The van der Waals surface area contributed by atoms with Crippen LogP contribution in [0, 0.1) is 0 Å². The van der Waals surface area contributed by atoms with Gasteiger partial charge in [0.15, 0.2) is 23.8 Å². The van der Waals surface area contributed by atoms with Gasteiger partial charge in [-0.15, -0.1) is 0 Å². The Morgan fingerprint density at radius 2 is 1.97 bits per heavy atom. The van der Waals surface area contributed by atoms with Crippen molar-refractivity contribution in [1.29, 1.82) is 0 Å². The van der Waals surface area contributed by atoms with Gasteiger partial charge < -0.3 is 29.4 Å². The van der Waals surface area contributed by atoms with E-state index in [1.165, 1.54) is 0 Å². The maximum atomic E-state index is 6.24. The fourth-order valence-corrected chi connectivity index (χ4v) is 3.81. The second-order valence-electron chi connectivity index (χ2n) is 8.16. The van der Waals surface area contributed by atoms with Gasteiger partial charge in [0.2, 0.25) is 0 Å². The lowest BCUT2D eigenvalue weighted by atomic mass is 10.1. The monoisotopic (exact) mass is 466 g/mol. The average Bonchev–Trinajstić information content (AvgIpc) is 3.40. The molecular formula is C27H38N4O3. The van der Waals surface area contributed by atoms with Gasteiger partial charge in [-0.05, 0) is 56.7 Å². The summed E-state index contributed by atoms with van der Waals surface area (Å²) in [7, 11) is 2.04. The van der Waals surface area contributed by atoms with Gasteiger partial charge in [-0.25, -0.2) is 4.99 Å². The normalized spacial score (nSPS) is 20.4. The molecule has 4 rings (SSSR count). The van der Waals surface area contributed by atoms with E-state index in [1.54, 1.807) is 6.26 Å². The van der Waals surface area contributed by atoms with Crippen LogP contribution in [0.15, 0.2) is 69.9 Å². The highest BCUT2D eigenvalue weighted by Crippen LogP contribution is 2.33. The van der Waals surface area contributed by atoms with Crippen molar-refractivity contribution in [1.82, 2.24) is 15.5 Å². The minimum atomic E-state index is -0.203. The smallest absolute Gasteiger partial charge is 0.173 e. The van der Waals surface area contributed by atoms with Crippen LogP contribution in [-0.2, 0) is 0 Å². The third kappa shape index (κ3) is 6.16. The first kappa shape index (κ1) is 25.3. The van der Waals surface area contributed by atoms with Crippen molar-refractivity contribution >= 4 is 11.5 Å².